The molecule has 0 atom stereocenters. The Kier molecular flexibility index (Phi) is 4.15. The third-order valence-electron chi connectivity index (χ3n) is 3.53. The van der Waals surface area contributed by atoms with E-state index in [2.05, 4.69) is 18.9 Å². The third-order valence-corrected chi connectivity index (χ3v) is 3.53. The van der Waals surface area contributed by atoms with Crippen LogP contribution in [0.4, 0.5) is 0 Å². The lowest BCUT2D eigenvalue weighted by Gasteiger charge is -2.05. The van der Waals surface area contributed by atoms with Gasteiger partial charge in [-0.15, -0.1) is 0 Å². The molecular weight excluding hydrogens is 236 g/mol. The minimum atomic E-state index is 0.172. The first-order valence-electron chi connectivity index (χ1n) is 6.74. The normalized spacial score (nSPS) is 10.7. The highest BCUT2D eigenvalue weighted by Crippen LogP contribution is 2.14. The summed E-state index contributed by atoms with van der Waals surface area (Å²) in [5.41, 5.74) is 4.33. The molecule has 1 aromatic carbocycles. The fourth-order valence-corrected chi connectivity index (χ4v) is 2.44. The molecule has 3 nitrogen and oxygen atoms in total. The van der Waals surface area contributed by atoms with Crippen molar-refractivity contribution >= 4 is 5.78 Å². The minimum absolute atomic E-state index is 0.172. The zero-order chi connectivity index (χ0) is 13.8. The first-order valence-corrected chi connectivity index (χ1v) is 6.74. The summed E-state index contributed by atoms with van der Waals surface area (Å²) in [5.74, 6) is 0.172. The molecule has 2 rings (SSSR count). The first kappa shape index (κ1) is 13.5. The zero-order valence-electron chi connectivity index (χ0n) is 11.8. The summed E-state index contributed by atoms with van der Waals surface area (Å²) in [5, 5.41) is 4.51. The van der Waals surface area contributed by atoms with Crippen LogP contribution in [0.5, 0.6) is 0 Å². The lowest BCUT2D eigenvalue weighted by Crippen LogP contribution is -2.08. The van der Waals surface area contributed by atoms with Crippen molar-refractivity contribution in [1.29, 1.82) is 0 Å². The highest BCUT2D eigenvalue weighted by Gasteiger charge is 2.11. The minimum Gasteiger partial charge on any atom is -0.294 e. The maximum Gasteiger partial charge on any atom is 0.164 e. The molecule has 0 amide bonds. The molecule has 0 N–H and O–H groups in total. The van der Waals surface area contributed by atoms with Crippen LogP contribution in [-0.2, 0) is 13.0 Å². The van der Waals surface area contributed by atoms with Crippen LogP contribution in [-0.4, -0.2) is 15.6 Å². The molecule has 0 spiro atoms. The average Bonchev–Trinajstić information content (AvgIpc) is 2.71. The van der Waals surface area contributed by atoms with E-state index in [9.17, 15) is 4.79 Å². The van der Waals surface area contributed by atoms with Gasteiger partial charge in [-0.1, -0.05) is 37.3 Å². The Bertz CT molecular complexity index is 570. The van der Waals surface area contributed by atoms with E-state index in [1.165, 1.54) is 11.3 Å². The van der Waals surface area contributed by atoms with Gasteiger partial charge in [0, 0.05) is 24.2 Å². The van der Waals surface area contributed by atoms with Gasteiger partial charge < -0.3 is 0 Å². The molecule has 3 heteroatoms. The Balaban J connectivity index is 2.05. The Labute approximate surface area is 114 Å². The first-order chi connectivity index (χ1) is 9.13. The van der Waals surface area contributed by atoms with E-state index in [1.807, 2.05) is 41.9 Å². The number of aryl methyl sites for hydroxylation is 2. The second-order valence-electron chi connectivity index (χ2n) is 4.77. The molecule has 0 aliphatic heterocycles. The van der Waals surface area contributed by atoms with Gasteiger partial charge in [-0.2, -0.15) is 5.10 Å². The SMILES string of the molecule is CCc1c(C)nn(CCC(=O)c2ccccc2)c1C. The molecule has 0 radical (unpaired) electrons. The molecule has 0 saturated carbocycles. The van der Waals surface area contributed by atoms with Gasteiger partial charge in [-0.05, 0) is 25.8 Å². The fourth-order valence-electron chi connectivity index (χ4n) is 2.44. The average molecular weight is 256 g/mol. The molecule has 2 aromatic rings. The quantitative estimate of drug-likeness (QED) is 0.769. The van der Waals surface area contributed by atoms with Gasteiger partial charge in [0.25, 0.3) is 0 Å². The molecule has 0 fully saturated rings. The number of aromatic nitrogens is 2. The number of hydrogen-bond acceptors (Lipinski definition) is 2. The van der Waals surface area contributed by atoms with Crippen LogP contribution in [0.2, 0.25) is 0 Å². The highest BCUT2D eigenvalue weighted by atomic mass is 16.1. The van der Waals surface area contributed by atoms with Crippen molar-refractivity contribution in [1.82, 2.24) is 9.78 Å². The summed E-state index contributed by atoms with van der Waals surface area (Å²) < 4.78 is 1.95. The number of ketones is 1. The van der Waals surface area contributed by atoms with Crippen LogP contribution >= 0.6 is 0 Å². The molecule has 100 valence electrons. The number of nitrogens with zero attached hydrogens (tertiary/aromatic N) is 2. The number of hydrogen-bond donors (Lipinski definition) is 0. The summed E-state index contributed by atoms with van der Waals surface area (Å²) in [6, 6.07) is 9.44. The van der Waals surface area contributed by atoms with Crippen molar-refractivity contribution in [3.8, 4) is 0 Å². The van der Waals surface area contributed by atoms with Gasteiger partial charge in [0.1, 0.15) is 0 Å². The number of carbonyl (C=O) groups excluding carboxylic acids is 1. The van der Waals surface area contributed by atoms with Crippen LogP contribution < -0.4 is 0 Å². The van der Waals surface area contributed by atoms with Gasteiger partial charge in [0.05, 0.1) is 5.69 Å². The number of benzene rings is 1. The lowest BCUT2D eigenvalue weighted by atomic mass is 10.1. The number of carbonyl (C=O) groups is 1. The summed E-state index contributed by atoms with van der Waals surface area (Å²) in [7, 11) is 0. The van der Waals surface area contributed by atoms with Crippen LogP contribution in [0, 0.1) is 13.8 Å². The van der Waals surface area contributed by atoms with Gasteiger partial charge in [-0.3, -0.25) is 9.48 Å². The second-order valence-corrected chi connectivity index (χ2v) is 4.77. The van der Waals surface area contributed by atoms with Gasteiger partial charge in [0.2, 0.25) is 0 Å². The van der Waals surface area contributed by atoms with Gasteiger partial charge >= 0.3 is 0 Å². The van der Waals surface area contributed by atoms with E-state index in [0.717, 1.165) is 17.7 Å². The molecule has 1 heterocycles. The predicted octanol–water partition coefficient (Wildman–Crippen LogP) is 3.34. The van der Waals surface area contributed by atoms with Gasteiger partial charge in [0.15, 0.2) is 5.78 Å². The van der Waals surface area contributed by atoms with E-state index >= 15 is 0 Å². The predicted molar refractivity (Wildman–Crippen MR) is 76.5 cm³/mol. The Hall–Kier alpha value is -1.90. The van der Waals surface area contributed by atoms with E-state index < -0.39 is 0 Å². The molecule has 0 saturated heterocycles. The largest absolute Gasteiger partial charge is 0.294 e. The van der Waals surface area contributed by atoms with Crippen LogP contribution in [0.15, 0.2) is 30.3 Å². The molecule has 0 bridgehead atoms. The second kappa shape index (κ2) is 5.83. The number of Topliss-reactive ketones (excluding diaryl/α,β-unsaturated/α-hetero) is 1. The smallest absolute Gasteiger partial charge is 0.164 e. The topological polar surface area (TPSA) is 34.9 Å². The highest BCUT2D eigenvalue weighted by molar-refractivity contribution is 5.95. The molecule has 0 aliphatic rings. The van der Waals surface area contributed by atoms with E-state index in [1.54, 1.807) is 0 Å². The molecule has 0 aliphatic carbocycles. The lowest BCUT2D eigenvalue weighted by molar-refractivity contribution is 0.0975. The Morgan fingerprint density at radius 3 is 2.47 bits per heavy atom. The van der Waals surface area contributed by atoms with Crippen molar-refractivity contribution < 1.29 is 4.79 Å². The third kappa shape index (κ3) is 2.92. The van der Waals surface area contributed by atoms with E-state index in [-0.39, 0.29) is 5.78 Å². The monoisotopic (exact) mass is 256 g/mol. The summed E-state index contributed by atoms with van der Waals surface area (Å²) in [4.78, 5) is 12.0. The molecule has 1 aromatic heterocycles. The fraction of sp³-hybridized carbons (Fsp3) is 0.375. The standard InChI is InChI=1S/C16H20N2O/c1-4-15-12(2)17-18(13(15)3)11-10-16(19)14-8-6-5-7-9-14/h5-9H,4,10-11H2,1-3H3. The van der Waals surface area contributed by atoms with Crippen LogP contribution in [0.1, 0.15) is 40.7 Å². The van der Waals surface area contributed by atoms with Crippen molar-refractivity contribution in [2.45, 2.75) is 40.2 Å². The Morgan fingerprint density at radius 1 is 1.21 bits per heavy atom. The van der Waals surface area contributed by atoms with Crippen LogP contribution in [0.25, 0.3) is 0 Å². The molecular formula is C16H20N2O. The van der Waals surface area contributed by atoms with Crippen molar-refractivity contribution in [2.24, 2.45) is 0 Å². The van der Waals surface area contributed by atoms with E-state index in [0.29, 0.717) is 13.0 Å². The van der Waals surface area contributed by atoms with E-state index in [4.69, 9.17) is 0 Å². The Morgan fingerprint density at radius 2 is 1.89 bits per heavy atom. The molecule has 0 unspecified atom stereocenters. The summed E-state index contributed by atoms with van der Waals surface area (Å²) in [6.07, 6.45) is 1.49. The summed E-state index contributed by atoms with van der Waals surface area (Å²) in [6.45, 7) is 6.89. The number of rotatable bonds is 5. The van der Waals surface area contributed by atoms with Gasteiger partial charge in [-0.25, -0.2) is 0 Å². The van der Waals surface area contributed by atoms with Crippen LogP contribution in [0.3, 0.4) is 0 Å². The maximum atomic E-state index is 12.0. The molecule has 19 heavy (non-hydrogen) atoms. The van der Waals surface area contributed by atoms with Crippen molar-refractivity contribution in [3.63, 3.8) is 0 Å². The van der Waals surface area contributed by atoms with Crippen molar-refractivity contribution in [3.05, 3.63) is 52.8 Å². The zero-order valence-corrected chi connectivity index (χ0v) is 11.8. The van der Waals surface area contributed by atoms with Crippen molar-refractivity contribution in [2.75, 3.05) is 0 Å². The summed E-state index contributed by atoms with van der Waals surface area (Å²) >= 11 is 0. The maximum absolute atomic E-state index is 12.0.